The predicted molar refractivity (Wildman–Crippen MR) is 61.1 cm³/mol. The van der Waals surface area contributed by atoms with Crippen LogP contribution in [-0.4, -0.2) is 25.2 Å². The number of methoxy groups -OCH3 is 1. The lowest BCUT2D eigenvalue weighted by Gasteiger charge is -2.09. The van der Waals surface area contributed by atoms with Crippen LogP contribution < -0.4 is 0 Å². The van der Waals surface area contributed by atoms with E-state index in [2.05, 4.69) is 0 Å². The number of hydrogen-bond donors (Lipinski definition) is 0. The van der Waals surface area contributed by atoms with Crippen molar-refractivity contribution < 1.29 is 19.1 Å². The van der Waals surface area contributed by atoms with Gasteiger partial charge < -0.3 is 9.47 Å². The number of hydrogen-bond acceptors (Lipinski definition) is 4. The second-order valence-electron chi connectivity index (χ2n) is 4.29. The topological polar surface area (TPSA) is 52.6 Å². The van der Waals surface area contributed by atoms with Gasteiger partial charge in [-0.15, -0.1) is 0 Å². The number of allylic oxidation sites excluding steroid dienone is 1. The first-order chi connectivity index (χ1) is 8.20. The third-order valence-corrected chi connectivity index (χ3v) is 3.09. The largest absolute Gasteiger partial charge is 0.466 e. The lowest BCUT2D eigenvalue weighted by atomic mass is 10.0. The summed E-state index contributed by atoms with van der Waals surface area (Å²) in [5, 5.41) is 0. The molecule has 0 radical (unpaired) electrons. The van der Waals surface area contributed by atoms with E-state index in [1.54, 1.807) is 0 Å². The summed E-state index contributed by atoms with van der Waals surface area (Å²) in [6.07, 6.45) is 7.27. The van der Waals surface area contributed by atoms with Gasteiger partial charge in [-0.05, 0) is 38.2 Å². The highest BCUT2D eigenvalue weighted by Crippen LogP contribution is 2.25. The van der Waals surface area contributed by atoms with Crippen LogP contribution >= 0.6 is 0 Å². The van der Waals surface area contributed by atoms with Gasteiger partial charge in [-0.2, -0.15) is 0 Å². The smallest absolute Gasteiger partial charge is 0.334 e. The highest BCUT2D eigenvalue weighted by Gasteiger charge is 2.25. The van der Waals surface area contributed by atoms with Gasteiger partial charge in [0.15, 0.2) is 0 Å². The van der Waals surface area contributed by atoms with Crippen molar-refractivity contribution >= 4 is 11.9 Å². The van der Waals surface area contributed by atoms with Crippen LogP contribution in [0.25, 0.3) is 0 Å². The second kappa shape index (κ2) is 5.17. The predicted octanol–water partition coefficient (Wildman–Crippen LogP) is 1.90. The molecule has 2 rings (SSSR count). The molecular weight excluding hydrogens is 220 g/mol. The van der Waals surface area contributed by atoms with E-state index in [9.17, 15) is 9.59 Å². The Balaban J connectivity index is 2.08. The summed E-state index contributed by atoms with van der Waals surface area (Å²) >= 11 is 0. The Morgan fingerprint density at radius 1 is 1.47 bits per heavy atom. The number of fused-ring (bicyclic) bond motifs is 1. The zero-order chi connectivity index (χ0) is 12.3. The van der Waals surface area contributed by atoms with E-state index in [0.29, 0.717) is 24.8 Å². The molecule has 4 heteroatoms. The van der Waals surface area contributed by atoms with Crippen molar-refractivity contribution in [1.29, 1.82) is 0 Å². The van der Waals surface area contributed by atoms with Crippen LogP contribution in [0.2, 0.25) is 0 Å². The number of ether oxygens (including phenoxy) is 2. The van der Waals surface area contributed by atoms with Gasteiger partial charge in [-0.3, -0.25) is 0 Å². The van der Waals surface area contributed by atoms with Crippen LogP contribution in [0.15, 0.2) is 23.3 Å². The Morgan fingerprint density at radius 2 is 2.29 bits per heavy atom. The van der Waals surface area contributed by atoms with Gasteiger partial charge >= 0.3 is 11.9 Å². The highest BCUT2D eigenvalue weighted by atomic mass is 16.5. The van der Waals surface area contributed by atoms with Gasteiger partial charge in [-0.25, -0.2) is 9.59 Å². The quantitative estimate of drug-likeness (QED) is 0.652. The number of carbonyl (C=O) groups is 2. The molecule has 0 amide bonds. The lowest BCUT2D eigenvalue weighted by Crippen LogP contribution is -2.09. The Morgan fingerprint density at radius 3 is 3.06 bits per heavy atom. The molecule has 1 unspecified atom stereocenters. The molecule has 1 aliphatic carbocycles. The summed E-state index contributed by atoms with van der Waals surface area (Å²) in [5.74, 6) is -0.468. The van der Waals surface area contributed by atoms with Gasteiger partial charge in [0.2, 0.25) is 0 Å². The van der Waals surface area contributed by atoms with Crippen LogP contribution in [0.4, 0.5) is 0 Å². The van der Waals surface area contributed by atoms with Crippen LogP contribution in [-0.2, 0) is 19.1 Å². The average Bonchev–Trinajstić information content (AvgIpc) is 2.66. The molecule has 0 saturated heterocycles. The maximum absolute atomic E-state index is 11.5. The summed E-state index contributed by atoms with van der Waals surface area (Å²) in [4.78, 5) is 22.9. The lowest BCUT2D eigenvalue weighted by molar-refractivity contribution is -0.140. The van der Waals surface area contributed by atoms with Gasteiger partial charge in [0.05, 0.1) is 7.11 Å². The molecule has 2 aliphatic rings. The molecule has 0 saturated carbocycles. The first-order valence-corrected chi connectivity index (χ1v) is 5.89. The standard InChI is InChI=1S/C13H16O4/c1-16-12(14)9-4-2-6-10-8-11(7-3-5-9)17-13(10)15/h4,8,11H,2-3,5-7H2,1H3/b9-4+. The summed E-state index contributed by atoms with van der Waals surface area (Å²) < 4.78 is 9.94. The van der Waals surface area contributed by atoms with Gasteiger partial charge in [0.25, 0.3) is 0 Å². The molecule has 0 fully saturated rings. The molecular formula is C13H16O4. The Labute approximate surface area is 100 Å². The molecule has 0 aromatic carbocycles. The maximum atomic E-state index is 11.5. The van der Waals surface area contributed by atoms with Crippen molar-refractivity contribution in [2.24, 2.45) is 0 Å². The van der Waals surface area contributed by atoms with E-state index in [4.69, 9.17) is 9.47 Å². The zero-order valence-corrected chi connectivity index (χ0v) is 9.90. The van der Waals surface area contributed by atoms with Crippen molar-refractivity contribution in [1.82, 2.24) is 0 Å². The normalized spacial score (nSPS) is 27.6. The van der Waals surface area contributed by atoms with E-state index in [1.165, 1.54) is 7.11 Å². The maximum Gasteiger partial charge on any atom is 0.334 e. The molecule has 2 bridgehead atoms. The SMILES string of the molecule is COC(=O)/C1=C/CCC2=CC(CCC1)OC2=O. The van der Waals surface area contributed by atoms with E-state index in [-0.39, 0.29) is 18.0 Å². The summed E-state index contributed by atoms with van der Waals surface area (Å²) in [7, 11) is 1.39. The summed E-state index contributed by atoms with van der Waals surface area (Å²) in [6.45, 7) is 0. The zero-order valence-electron chi connectivity index (χ0n) is 9.90. The van der Waals surface area contributed by atoms with Crippen LogP contribution in [0.3, 0.4) is 0 Å². The average molecular weight is 236 g/mol. The van der Waals surface area contributed by atoms with Gasteiger partial charge in [0, 0.05) is 11.1 Å². The molecule has 0 aromatic rings. The van der Waals surface area contributed by atoms with E-state index in [1.807, 2.05) is 12.2 Å². The molecule has 92 valence electrons. The van der Waals surface area contributed by atoms with Crippen molar-refractivity contribution in [3.05, 3.63) is 23.3 Å². The third-order valence-electron chi connectivity index (χ3n) is 3.09. The summed E-state index contributed by atoms with van der Waals surface area (Å²) in [6, 6.07) is 0. The fourth-order valence-corrected chi connectivity index (χ4v) is 2.18. The second-order valence-corrected chi connectivity index (χ2v) is 4.29. The van der Waals surface area contributed by atoms with E-state index in [0.717, 1.165) is 18.4 Å². The van der Waals surface area contributed by atoms with Crippen molar-refractivity contribution in [3.8, 4) is 0 Å². The first kappa shape index (κ1) is 11.9. The molecule has 4 nitrogen and oxygen atoms in total. The molecule has 1 aliphatic heterocycles. The summed E-state index contributed by atoms with van der Waals surface area (Å²) in [5.41, 5.74) is 1.44. The minimum absolute atomic E-state index is 0.102. The van der Waals surface area contributed by atoms with Crippen molar-refractivity contribution in [2.45, 2.75) is 38.2 Å². The Kier molecular flexibility index (Phi) is 3.61. The minimum atomic E-state index is -0.265. The molecule has 17 heavy (non-hydrogen) atoms. The molecule has 1 atom stereocenters. The first-order valence-electron chi connectivity index (χ1n) is 5.89. The van der Waals surface area contributed by atoms with Crippen LogP contribution in [0.5, 0.6) is 0 Å². The van der Waals surface area contributed by atoms with Crippen molar-refractivity contribution in [2.75, 3.05) is 7.11 Å². The van der Waals surface area contributed by atoms with E-state index >= 15 is 0 Å². The number of carbonyl (C=O) groups excluding carboxylic acids is 2. The fourth-order valence-electron chi connectivity index (χ4n) is 2.18. The van der Waals surface area contributed by atoms with Crippen molar-refractivity contribution in [3.63, 3.8) is 0 Å². The van der Waals surface area contributed by atoms with Crippen LogP contribution in [0, 0.1) is 0 Å². The Bertz CT molecular complexity index is 392. The number of esters is 2. The van der Waals surface area contributed by atoms with Gasteiger partial charge in [0.1, 0.15) is 6.10 Å². The Hall–Kier alpha value is -1.58. The monoisotopic (exact) mass is 236 g/mol. The molecule has 0 N–H and O–H groups in total. The molecule has 1 heterocycles. The molecule has 0 aromatic heterocycles. The van der Waals surface area contributed by atoms with E-state index < -0.39 is 0 Å². The molecule has 0 spiro atoms. The van der Waals surface area contributed by atoms with Crippen LogP contribution in [0.1, 0.15) is 32.1 Å². The van der Waals surface area contributed by atoms with Gasteiger partial charge in [-0.1, -0.05) is 6.08 Å². The fraction of sp³-hybridized carbons (Fsp3) is 0.538. The third kappa shape index (κ3) is 2.75. The number of rotatable bonds is 1. The minimum Gasteiger partial charge on any atom is -0.466 e. The highest BCUT2D eigenvalue weighted by molar-refractivity contribution is 5.91.